The zero-order chi connectivity index (χ0) is 25.8. The zero-order valence-electron chi connectivity index (χ0n) is 20.5. The summed E-state index contributed by atoms with van der Waals surface area (Å²) in [5.41, 5.74) is 0.882. The van der Waals surface area contributed by atoms with Crippen LogP contribution in [-0.2, 0) is 9.59 Å². The number of hydrogen-bond donors (Lipinski definition) is 1. The first kappa shape index (κ1) is 25.2. The second kappa shape index (κ2) is 10.8. The lowest BCUT2D eigenvalue weighted by Crippen LogP contribution is -2.29. The van der Waals surface area contributed by atoms with E-state index >= 15 is 0 Å². The molecule has 10 heteroatoms. The molecule has 1 aliphatic rings. The van der Waals surface area contributed by atoms with Crippen molar-refractivity contribution in [3.63, 3.8) is 0 Å². The van der Waals surface area contributed by atoms with Crippen LogP contribution >= 0.6 is 11.3 Å². The number of aliphatic hydroxyl groups is 1. The van der Waals surface area contributed by atoms with E-state index in [4.69, 9.17) is 14.2 Å². The van der Waals surface area contributed by atoms with Gasteiger partial charge in [0, 0.05) is 5.56 Å². The highest BCUT2D eigenvalue weighted by Crippen LogP contribution is 2.44. The Morgan fingerprint density at radius 3 is 2.42 bits per heavy atom. The molecule has 0 bridgehead atoms. The minimum atomic E-state index is -0.945. The highest BCUT2D eigenvalue weighted by atomic mass is 32.1. The van der Waals surface area contributed by atoms with Gasteiger partial charge in [0.25, 0.3) is 5.78 Å². The van der Waals surface area contributed by atoms with Crippen molar-refractivity contribution in [2.75, 3.05) is 25.2 Å². The fraction of sp³-hybridized carbons (Fsp3) is 0.308. The van der Waals surface area contributed by atoms with Gasteiger partial charge in [-0.3, -0.25) is 14.5 Å². The van der Waals surface area contributed by atoms with Crippen LogP contribution in [0.3, 0.4) is 0 Å². The quantitative estimate of drug-likeness (QED) is 0.252. The van der Waals surface area contributed by atoms with Gasteiger partial charge in [0.15, 0.2) is 11.5 Å². The van der Waals surface area contributed by atoms with E-state index in [0.717, 1.165) is 6.42 Å². The van der Waals surface area contributed by atoms with E-state index < -0.39 is 17.7 Å². The molecule has 0 aliphatic carbocycles. The molecule has 1 atom stereocenters. The maximum Gasteiger partial charge on any atom is 0.301 e. The maximum absolute atomic E-state index is 13.3. The summed E-state index contributed by atoms with van der Waals surface area (Å²) in [4.78, 5) is 27.8. The molecule has 2 heterocycles. The number of Topliss-reactive ketones (excluding diaryl/α,β-unsaturated/α-hetero) is 1. The molecule has 188 valence electrons. The van der Waals surface area contributed by atoms with Crippen molar-refractivity contribution in [3.8, 4) is 17.2 Å². The van der Waals surface area contributed by atoms with Crippen molar-refractivity contribution in [3.05, 3.63) is 64.2 Å². The molecule has 1 aromatic heterocycles. The third-order valence-electron chi connectivity index (χ3n) is 5.57. The lowest BCUT2D eigenvalue weighted by atomic mass is 9.95. The number of ether oxygens (including phenoxy) is 3. The summed E-state index contributed by atoms with van der Waals surface area (Å²) in [5.74, 6) is -0.278. The lowest BCUT2D eigenvalue weighted by Gasteiger charge is -2.23. The van der Waals surface area contributed by atoms with E-state index in [9.17, 15) is 14.7 Å². The molecule has 0 saturated carbocycles. The second-order valence-electron chi connectivity index (χ2n) is 7.99. The van der Waals surface area contributed by atoms with Gasteiger partial charge in [-0.15, -0.1) is 10.2 Å². The second-order valence-corrected chi connectivity index (χ2v) is 9.15. The Labute approximate surface area is 212 Å². The van der Waals surface area contributed by atoms with E-state index in [-0.39, 0.29) is 16.5 Å². The molecule has 0 spiro atoms. The van der Waals surface area contributed by atoms with Crippen LogP contribution in [0.15, 0.2) is 48.0 Å². The number of carbonyl (C=O) groups is 2. The number of aromatic nitrogens is 2. The van der Waals surface area contributed by atoms with Crippen molar-refractivity contribution in [1.82, 2.24) is 10.2 Å². The Balaban J connectivity index is 1.90. The molecule has 3 aromatic rings. The molecule has 4 rings (SSSR count). The molecular weight excluding hydrogens is 482 g/mol. The third-order valence-corrected chi connectivity index (χ3v) is 6.41. The van der Waals surface area contributed by atoms with Crippen LogP contribution in [0.25, 0.3) is 5.76 Å². The number of rotatable bonds is 9. The Morgan fingerprint density at radius 2 is 1.81 bits per heavy atom. The van der Waals surface area contributed by atoms with Crippen LogP contribution in [0.4, 0.5) is 5.13 Å². The molecule has 1 unspecified atom stereocenters. The predicted octanol–water partition coefficient (Wildman–Crippen LogP) is 4.67. The highest BCUT2D eigenvalue weighted by molar-refractivity contribution is 7.15. The molecule has 1 N–H and O–H groups in total. The largest absolute Gasteiger partial charge is 0.507 e. The van der Waals surface area contributed by atoms with Crippen molar-refractivity contribution in [1.29, 1.82) is 0 Å². The first-order chi connectivity index (χ1) is 17.4. The maximum atomic E-state index is 13.3. The van der Waals surface area contributed by atoms with Gasteiger partial charge < -0.3 is 19.3 Å². The van der Waals surface area contributed by atoms with Crippen LogP contribution in [-0.4, -0.2) is 47.3 Å². The number of anilines is 1. The summed E-state index contributed by atoms with van der Waals surface area (Å²) in [6.07, 6.45) is 0.825. The number of aliphatic hydroxyl groups excluding tert-OH is 1. The lowest BCUT2D eigenvalue weighted by molar-refractivity contribution is -0.132. The normalized spacial score (nSPS) is 16.9. The van der Waals surface area contributed by atoms with Gasteiger partial charge in [-0.25, -0.2) is 0 Å². The number of hydrogen-bond acceptors (Lipinski definition) is 9. The van der Waals surface area contributed by atoms with Gasteiger partial charge in [0.05, 0.1) is 31.9 Å². The van der Waals surface area contributed by atoms with Gasteiger partial charge in [0.1, 0.15) is 16.5 Å². The number of methoxy groups -OCH3 is 1. The SMILES string of the molecule is CCCOc1ccc(C2C(=C(O)c3ccc(OC)cc3)C(=O)C(=O)N2c2nnc(C)s2)cc1OCC. The Bertz CT molecular complexity index is 1300. The van der Waals surface area contributed by atoms with Crippen LogP contribution in [0.1, 0.15) is 42.4 Å². The van der Waals surface area contributed by atoms with E-state index in [1.54, 1.807) is 49.4 Å². The van der Waals surface area contributed by atoms with Gasteiger partial charge in [0.2, 0.25) is 5.13 Å². The summed E-state index contributed by atoms with van der Waals surface area (Å²) < 4.78 is 16.8. The number of ketones is 1. The number of aryl methyl sites for hydroxylation is 1. The topological polar surface area (TPSA) is 111 Å². The molecule has 9 nitrogen and oxygen atoms in total. The van der Waals surface area contributed by atoms with Crippen molar-refractivity contribution in [2.24, 2.45) is 0 Å². The van der Waals surface area contributed by atoms with Gasteiger partial charge in [-0.05, 0) is 62.2 Å². The van der Waals surface area contributed by atoms with E-state index in [1.807, 2.05) is 13.8 Å². The minimum absolute atomic E-state index is 0.0531. The standard InChI is InChI=1S/C26H27N3O6S/c1-5-13-35-19-12-9-17(14-20(19)34-6-2)22-21(23(30)16-7-10-18(33-4)11-8-16)24(31)25(32)29(22)26-28-27-15(3)36-26/h7-12,14,22,30H,5-6,13H2,1-4H3. The van der Waals surface area contributed by atoms with Crippen LogP contribution in [0, 0.1) is 6.92 Å². The number of benzene rings is 2. The zero-order valence-corrected chi connectivity index (χ0v) is 21.3. The Hall–Kier alpha value is -3.92. The molecule has 0 radical (unpaired) electrons. The van der Waals surface area contributed by atoms with Gasteiger partial charge in [-0.2, -0.15) is 0 Å². The summed E-state index contributed by atoms with van der Waals surface area (Å²) in [6.45, 7) is 6.53. The van der Waals surface area contributed by atoms with Crippen molar-refractivity contribution < 1.29 is 28.9 Å². The van der Waals surface area contributed by atoms with E-state index in [1.165, 1.54) is 23.3 Å². The van der Waals surface area contributed by atoms with Crippen molar-refractivity contribution >= 4 is 33.9 Å². The van der Waals surface area contributed by atoms with Crippen molar-refractivity contribution in [2.45, 2.75) is 33.2 Å². The molecule has 2 aromatic carbocycles. The fourth-order valence-electron chi connectivity index (χ4n) is 3.93. The monoisotopic (exact) mass is 509 g/mol. The fourth-order valence-corrected chi connectivity index (χ4v) is 4.64. The molecular formula is C26H27N3O6S. The molecule has 1 fully saturated rings. The first-order valence-corrected chi connectivity index (χ1v) is 12.4. The average Bonchev–Trinajstić information content (AvgIpc) is 3.43. The summed E-state index contributed by atoms with van der Waals surface area (Å²) in [7, 11) is 1.54. The van der Waals surface area contributed by atoms with Crippen LogP contribution in [0.5, 0.6) is 17.2 Å². The Kier molecular flexibility index (Phi) is 7.54. The number of carbonyl (C=O) groups excluding carboxylic acids is 2. The summed E-state index contributed by atoms with van der Waals surface area (Å²) in [6, 6.07) is 10.9. The third kappa shape index (κ3) is 4.76. The molecule has 1 aliphatic heterocycles. The smallest absolute Gasteiger partial charge is 0.301 e. The van der Waals surface area contributed by atoms with Gasteiger partial charge >= 0.3 is 5.91 Å². The molecule has 1 amide bonds. The number of nitrogens with zero attached hydrogens (tertiary/aromatic N) is 3. The summed E-state index contributed by atoms with van der Waals surface area (Å²) in [5, 5.41) is 20.3. The van der Waals surface area contributed by atoms with Crippen LogP contribution in [0.2, 0.25) is 0 Å². The molecule has 36 heavy (non-hydrogen) atoms. The summed E-state index contributed by atoms with van der Waals surface area (Å²) >= 11 is 1.19. The highest BCUT2D eigenvalue weighted by Gasteiger charge is 2.48. The first-order valence-electron chi connectivity index (χ1n) is 11.5. The van der Waals surface area contributed by atoms with Gasteiger partial charge in [-0.1, -0.05) is 24.3 Å². The minimum Gasteiger partial charge on any atom is -0.507 e. The average molecular weight is 510 g/mol. The Morgan fingerprint density at radius 1 is 1.06 bits per heavy atom. The van der Waals surface area contributed by atoms with Crippen LogP contribution < -0.4 is 19.1 Å². The van der Waals surface area contributed by atoms with E-state index in [0.29, 0.717) is 46.6 Å². The van der Waals surface area contributed by atoms with E-state index in [2.05, 4.69) is 10.2 Å². The molecule has 1 saturated heterocycles. The predicted molar refractivity (Wildman–Crippen MR) is 136 cm³/mol. The number of amides is 1.